The number of fused-ring (bicyclic) bond motifs is 1. The van der Waals surface area contributed by atoms with Crippen molar-refractivity contribution in [1.29, 1.82) is 0 Å². The number of halogens is 2. The second-order valence-corrected chi connectivity index (χ2v) is 17.5. The standard InChI is InChI=1S/C50H63ClFN9O3.CH4O/c1-3-4-15-46(48(62)53-2)57-49(63)45-21-18-36(32-54-45)12-11-28-64-27-10-6-9-22-59-23-25-60(26-24-59)34-37-16-19-38(20-17-37)44-35-61(42-13-7-5-8-14-42)47-43(44)33-55-50(58-47)56-41-30-39(51)29-40(52)31-41;1-2/h3,16-21,29-33,35,42,46H,1,4-15,22-28,34H2,2H3,(H,53,62)(H,57,63)(H,55,56,58);2H,1H3. The first-order valence-corrected chi connectivity index (χ1v) is 23.9. The van der Waals surface area contributed by atoms with Crippen LogP contribution in [0, 0.1) is 5.82 Å². The average molecular weight is 925 g/mol. The van der Waals surface area contributed by atoms with E-state index in [-0.39, 0.29) is 11.8 Å². The zero-order valence-corrected chi connectivity index (χ0v) is 39.4. The number of likely N-dealkylation sites (N-methyl/N-ethyl adjacent to an activating group) is 1. The van der Waals surface area contributed by atoms with Gasteiger partial charge in [-0.3, -0.25) is 19.5 Å². The predicted molar refractivity (Wildman–Crippen MR) is 262 cm³/mol. The molecule has 1 aliphatic heterocycles. The maximum atomic E-state index is 14.1. The highest BCUT2D eigenvalue weighted by atomic mass is 35.5. The fraction of sp³-hybridized carbons (Fsp3) is 0.471. The number of allylic oxidation sites excluding steroid dienone is 1. The molecule has 2 aliphatic rings. The summed E-state index contributed by atoms with van der Waals surface area (Å²) in [5.41, 5.74) is 6.34. The molecule has 1 aliphatic carbocycles. The molecule has 66 heavy (non-hydrogen) atoms. The lowest BCUT2D eigenvalue weighted by atomic mass is 9.95. The Bertz CT molecular complexity index is 2280. The van der Waals surface area contributed by atoms with Crippen LogP contribution < -0.4 is 16.0 Å². The molecule has 0 spiro atoms. The molecule has 3 aromatic heterocycles. The van der Waals surface area contributed by atoms with Crippen LogP contribution in [0.1, 0.15) is 98.3 Å². The number of ether oxygens (including phenoxy) is 1. The molecule has 7 rings (SSSR count). The summed E-state index contributed by atoms with van der Waals surface area (Å²) in [7, 11) is 2.56. The monoisotopic (exact) mass is 923 g/mol. The molecule has 5 aromatic rings. The van der Waals surface area contributed by atoms with Crippen molar-refractivity contribution in [3.63, 3.8) is 0 Å². The second kappa shape index (κ2) is 26.2. The molecular weight excluding hydrogens is 857 g/mol. The maximum Gasteiger partial charge on any atom is 0.270 e. The Morgan fingerprint density at radius 1 is 0.924 bits per heavy atom. The van der Waals surface area contributed by atoms with Crippen LogP contribution in [0.15, 0.2) is 85.8 Å². The zero-order chi connectivity index (χ0) is 46.7. The van der Waals surface area contributed by atoms with Crippen LogP contribution in [-0.4, -0.2) is 112 Å². The van der Waals surface area contributed by atoms with Crippen LogP contribution in [0.3, 0.4) is 0 Å². The number of benzene rings is 2. The van der Waals surface area contributed by atoms with Gasteiger partial charge < -0.3 is 35.3 Å². The number of hydrogen-bond acceptors (Lipinski definition) is 10. The van der Waals surface area contributed by atoms with Gasteiger partial charge in [0.05, 0.1) is 0 Å². The number of aryl methyl sites for hydroxylation is 1. The van der Waals surface area contributed by atoms with Gasteiger partial charge in [-0.1, -0.05) is 67.3 Å². The summed E-state index contributed by atoms with van der Waals surface area (Å²) in [4.78, 5) is 43.9. The van der Waals surface area contributed by atoms with Crippen molar-refractivity contribution in [2.75, 3.05) is 65.4 Å². The lowest BCUT2D eigenvalue weighted by Crippen LogP contribution is -2.46. The van der Waals surface area contributed by atoms with Gasteiger partial charge in [-0.2, -0.15) is 4.98 Å². The fourth-order valence-corrected chi connectivity index (χ4v) is 9.02. The van der Waals surface area contributed by atoms with Crippen LogP contribution in [0.4, 0.5) is 16.0 Å². The molecule has 13 nitrogen and oxygen atoms in total. The summed E-state index contributed by atoms with van der Waals surface area (Å²) >= 11 is 6.11. The topological polar surface area (TPSA) is 150 Å². The molecule has 1 unspecified atom stereocenters. The summed E-state index contributed by atoms with van der Waals surface area (Å²) in [6.07, 6.45) is 19.8. The predicted octanol–water partition coefficient (Wildman–Crippen LogP) is 8.89. The number of piperazine rings is 1. The van der Waals surface area contributed by atoms with Crippen LogP contribution in [0.5, 0.6) is 0 Å². The van der Waals surface area contributed by atoms with Crippen molar-refractivity contribution >= 4 is 46.1 Å². The third kappa shape index (κ3) is 14.6. The van der Waals surface area contributed by atoms with E-state index in [1.807, 2.05) is 12.3 Å². The van der Waals surface area contributed by atoms with Gasteiger partial charge in [0.1, 0.15) is 23.2 Å². The Hall–Kier alpha value is -5.25. The average Bonchev–Trinajstić information content (AvgIpc) is 3.72. The van der Waals surface area contributed by atoms with Crippen molar-refractivity contribution in [3.05, 3.63) is 114 Å². The van der Waals surface area contributed by atoms with E-state index < -0.39 is 11.9 Å². The Morgan fingerprint density at radius 2 is 1.67 bits per heavy atom. The Labute approximate surface area is 394 Å². The summed E-state index contributed by atoms with van der Waals surface area (Å²) in [6, 6.07) is 16.7. The van der Waals surface area contributed by atoms with Gasteiger partial charge in [-0.05, 0) is 105 Å². The number of aliphatic hydroxyl groups excluding tert-OH is 1. The molecule has 4 N–H and O–H groups in total. The fourth-order valence-electron chi connectivity index (χ4n) is 8.79. The number of amides is 2. The number of nitrogens with one attached hydrogen (secondary N) is 3. The Kier molecular flexibility index (Phi) is 19.9. The highest BCUT2D eigenvalue weighted by molar-refractivity contribution is 6.30. The first-order chi connectivity index (χ1) is 32.3. The second-order valence-electron chi connectivity index (χ2n) is 17.1. The smallest absolute Gasteiger partial charge is 0.270 e. The van der Waals surface area contributed by atoms with Gasteiger partial charge in [-0.25, -0.2) is 9.37 Å². The van der Waals surface area contributed by atoms with Gasteiger partial charge >= 0.3 is 0 Å². The third-order valence-corrected chi connectivity index (χ3v) is 12.6. The first kappa shape index (κ1) is 50.2. The van der Waals surface area contributed by atoms with Gasteiger partial charge in [0, 0.05) is 106 Å². The SMILES string of the molecule is C=CCCC(NC(=O)c1ccc(CCCOCCCCCN2CCN(Cc3ccc(-c4cn(C5CCCCC5)c5nc(Nc6cc(F)cc(Cl)c6)ncc45)cc3)CC2)cn1)C(=O)NC.CO. The number of aliphatic hydroxyl groups is 1. The third-order valence-electron chi connectivity index (χ3n) is 12.4. The lowest BCUT2D eigenvalue weighted by Gasteiger charge is -2.34. The molecule has 1 atom stereocenters. The minimum Gasteiger partial charge on any atom is -0.400 e. The number of aromatic nitrogens is 4. The molecule has 2 fully saturated rings. The molecule has 354 valence electrons. The van der Waals surface area contributed by atoms with Crippen molar-refractivity contribution in [2.45, 2.75) is 95.7 Å². The molecular formula is C51H67ClFN9O4. The van der Waals surface area contributed by atoms with Crippen LogP contribution in [0.2, 0.25) is 5.02 Å². The molecule has 2 aromatic carbocycles. The minimum absolute atomic E-state index is 0.233. The van der Waals surface area contributed by atoms with Gasteiger partial charge in [0.2, 0.25) is 11.9 Å². The first-order valence-electron chi connectivity index (χ1n) is 23.5. The summed E-state index contributed by atoms with van der Waals surface area (Å²) in [6.45, 7) is 11.5. The molecule has 1 saturated heterocycles. The van der Waals surface area contributed by atoms with E-state index in [4.69, 9.17) is 26.4 Å². The molecule has 4 heterocycles. The summed E-state index contributed by atoms with van der Waals surface area (Å²) in [5.74, 6) is -0.590. The van der Waals surface area contributed by atoms with Gasteiger partial charge in [0.15, 0.2) is 0 Å². The summed E-state index contributed by atoms with van der Waals surface area (Å²) < 4.78 is 22.3. The number of carbonyl (C=O) groups is 2. The quantitative estimate of drug-likeness (QED) is 0.0392. The number of carbonyl (C=O) groups excluding carboxylic acids is 2. The maximum absolute atomic E-state index is 14.1. The number of hydrogen-bond donors (Lipinski definition) is 4. The van der Waals surface area contributed by atoms with Crippen LogP contribution in [0.25, 0.3) is 22.2 Å². The van der Waals surface area contributed by atoms with Gasteiger partial charge in [-0.15, -0.1) is 6.58 Å². The van der Waals surface area contributed by atoms with E-state index in [2.05, 4.69) is 77.3 Å². The van der Waals surface area contributed by atoms with Crippen molar-refractivity contribution in [3.8, 4) is 11.1 Å². The minimum atomic E-state index is -0.622. The van der Waals surface area contributed by atoms with Crippen molar-refractivity contribution in [1.82, 2.24) is 40.0 Å². The highest BCUT2D eigenvalue weighted by Gasteiger charge is 2.23. The molecule has 1 saturated carbocycles. The van der Waals surface area contributed by atoms with Crippen LogP contribution >= 0.6 is 11.6 Å². The molecule has 15 heteroatoms. The zero-order valence-electron chi connectivity index (χ0n) is 38.6. The lowest BCUT2D eigenvalue weighted by molar-refractivity contribution is -0.122. The normalized spacial score (nSPS) is 15.2. The molecule has 0 radical (unpaired) electrons. The number of rotatable bonds is 22. The number of nitrogens with zero attached hydrogens (tertiary/aromatic N) is 6. The van der Waals surface area contributed by atoms with E-state index in [0.717, 1.165) is 119 Å². The highest BCUT2D eigenvalue weighted by Crippen LogP contribution is 2.37. The number of unbranched alkanes of at least 4 members (excludes halogenated alkanes) is 2. The number of pyridine rings is 1. The van der Waals surface area contributed by atoms with E-state index >= 15 is 0 Å². The molecule has 2 amide bonds. The van der Waals surface area contributed by atoms with E-state index in [1.165, 1.54) is 43.4 Å². The Balaban J connectivity index is 0.00000355. The van der Waals surface area contributed by atoms with E-state index in [0.29, 0.717) is 47.8 Å². The van der Waals surface area contributed by atoms with E-state index in [1.54, 1.807) is 31.5 Å². The summed E-state index contributed by atoms with van der Waals surface area (Å²) in [5, 5.41) is 16.9. The van der Waals surface area contributed by atoms with Gasteiger partial charge in [0.25, 0.3) is 5.91 Å². The van der Waals surface area contributed by atoms with Crippen LogP contribution in [-0.2, 0) is 22.5 Å². The van der Waals surface area contributed by atoms with E-state index in [9.17, 15) is 14.0 Å². The molecule has 0 bridgehead atoms. The van der Waals surface area contributed by atoms with Crippen molar-refractivity contribution < 1.29 is 23.8 Å². The van der Waals surface area contributed by atoms with Crippen molar-refractivity contribution in [2.24, 2.45) is 0 Å². The Morgan fingerprint density at radius 3 is 2.38 bits per heavy atom. The number of anilines is 2. The largest absolute Gasteiger partial charge is 0.400 e.